The maximum Gasteiger partial charge on any atom is 0.294 e. The highest BCUT2D eigenvalue weighted by molar-refractivity contribution is 7.85. The van der Waals surface area contributed by atoms with E-state index in [0.29, 0.717) is 5.69 Å². The van der Waals surface area contributed by atoms with Crippen LogP contribution in [-0.4, -0.2) is 17.5 Å². The van der Waals surface area contributed by atoms with Crippen molar-refractivity contribution >= 4 is 37.6 Å². The molecule has 0 saturated heterocycles. The Bertz CT molecular complexity index is 926. The number of aryl methyl sites for hydroxylation is 1. The van der Waals surface area contributed by atoms with Gasteiger partial charge in [0.15, 0.2) is 0 Å². The van der Waals surface area contributed by atoms with E-state index in [2.05, 4.69) is 4.57 Å². The second-order valence-electron chi connectivity index (χ2n) is 4.67. The number of aromatic nitrogens is 1. The zero-order valence-electron chi connectivity index (χ0n) is 10.9. The van der Waals surface area contributed by atoms with Crippen molar-refractivity contribution < 1.29 is 13.0 Å². The summed E-state index contributed by atoms with van der Waals surface area (Å²) >= 11 is 0. The van der Waals surface area contributed by atoms with Gasteiger partial charge in [-0.2, -0.15) is 8.42 Å². The lowest BCUT2D eigenvalue weighted by Gasteiger charge is -2.03. The van der Waals surface area contributed by atoms with E-state index in [-0.39, 0.29) is 4.90 Å². The summed E-state index contributed by atoms with van der Waals surface area (Å²) in [4.78, 5) is -0.109. The summed E-state index contributed by atoms with van der Waals surface area (Å²) in [5.74, 6) is 0. The zero-order chi connectivity index (χ0) is 14.5. The SMILES string of the molecule is CCn1c2ccc(N)cc2c2cc(S(=O)(=O)O)ccc21. The van der Waals surface area contributed by atoms with Crippen molar-refractivity contribution in [1.82, 2.24) is 4.57 Å². The van der Waals surface area contributed by atoms with Gasteiger partial charge in [0.25, 0.3) is 10.1 Å². The van der Waals surface area contributed by atoms with Gasteiger partial charge in [0.1, 0.15) is 0 Å². The van der Waals surface area contributed by atoms with Crippen LogP contribution in [0.3, 0.4) is 0 Å². The molecule has 0 atom stereocenters. The van der Waals surface area contributed by atoms with Gasteiger partial charge in [0.2, 0.25) is 0 Å². The van der Waals surface area contributed by atoms with Crippen LogP contribution in [0.5, 0.6) is 0 Å². The van der Waals surface area contributed by atoms with Gasteiger partial charge < -0.3 is 10.3 Å². The number of rotatable bonds is 2. The predicted octanol–water partition coefficient (Wildman–Crippen LogP) is 2.64. The first kappa shape index (κ1) is 13.0. The van der Waals surface area contributed by atoms with Crippen molar-refractivity contribution in [2.24, 2.45) is 0 Å². The van der Waals surface area contributed by atoms with E-state index >= 15 is 0 Å². The van der Waals surface area contributed by atoms with Crippen LogP contribution < -0.4 is 5.73 Å². The molecule has 3 aromatic rings. The van der Waals surface area contributed by atoms with E-state index in [1.165, 1.54) is 12.1 Å². The van der Waals surface area contributed by atoms with Crippen LogP contribution in [0.1, 0.15) is 6.92 Å². The Balaban J connectivity index is 2.51. The summed E-state index contributed by atoms with van der Waals surface area (Å²) in [6.07, 6.45) is 0. The summed E-state index contributed by atoms with van der Waals surface area (Å²) in [5.41, 5.74) is 8.34. The summed E-state index contributed by atoms with van der Waals surface area (Å²) in [7, 11) is -4.21. The average Bonchev–Trinajstić information content (AvgIpc) is 2.70. The second kappa shape index (κ2) is 4.22. The molecule has 1 aromatic heterocycles. The molecular weight excluding hydrogens is 276 g/mol. The van der Waals surface area contributed by atoms with Crippen LogP contribution in [0, 0.1) is 0 Å². The maximum atomic E-state index is 11.3. The standard InChI is InChI=1S/C14H14N2O3S/c1-2-16-13-5-3-9(15)7-11(13)12-8-10(20(17,18)19)4-6-14(12)16/h3-8H,2,15H2,1H3,(H,17,18,19). The Morgan fingerprint density at radius 1 is 1.10 bits per heavy atom. The van der Waals surface area contributed by atoms with Crippen molar-refractivity contribution in [2.45, 2.75) is 18.4 Å². The molecule has 0 unspecified atom stereocenters. The predicted molar refractivity (Wildman–Crippen MR) is 79.3 cm³/mol. The fourth-order valence-corrected chi connectivity index (χ4v) is 3.11. The number of fused-ring (bicyclic) bond motifs is 3. The minimum Gasteiger partial charge on any atom is -0.399 e. The summed E-state index contributed by atoms with van der Waals surface area (Å²) in [5, 5.41) is 1.65. The second-order valence-corrected chi connectivity index (χ2v) is 6.10. The normalized spacial score (nSPS) is 12.3. The van der Waals surface area contributed by atoms with E-state index in [9.17, 15) is 13.0 Å². The molecule has 20 heavy (non-hydrogen) atoms. The van der Waals surface area contributed by atoms with Gasteiger partial charge in [-0.05, 0) is 43.3 Å². The summed E-state index contributed by atoms with van der Waals surface area (Å²) in [6.45, 7) is 2.78. The van der Waals surface area contributed by atoms with E-state index in [1.807, 2.05) is 25.1 Å². The molecule has 0 amide bonds. The molecule has 3 N–H and O–H groups in total. The number of anilines is 1. The highest BCUT2D eigenvalue weighted by Crippen LogP contribution is 2.32. The number of nitrogen functional groups attached to an aromatic ring is 1. The molecule has 1 heterocycles. The molecule has 0 aliphatic rings. The van der Waals surface area contributed by atoms with Crippen molar-refractivity contribution in [3.8, 4) is 0 Å². The highest BCUT2D eigenvalue weighted by atomic mass is 32.2. The molecule has 104 valence electrons. The van der Waals surface area contributed by atoms with Gasteiger partial charge in [-0.3, -0.25) is 4.55 Å². The number of benzene rings is 2. The largest absolute Gasteiger partial charge is 0.399 e. The summed E-state index contributed by atoms with van der Waals surface area (Å²) < 4.78 is 33.8. The molecule has 0 fully saturated rings. The van der Waals surface area contributed by atoms with Gasteiger partial charge in [0, 0.05) is 34.0 Å². The van der Waals surface area contributed by atoms with Crippen LogP contribution in [0.2, 0.25) is 0 Å². The molecular formula is C14H14N2O3S. The number of hydrogen-bond donors (Lipinski definition) is 2. The minimum atomic E-state index is -4.21. The van der Waals surface area contributed by atoms with Crippen LogP contribution in [0.15, 0.2) is 41.3 Å². The van der Waals surface area contributed by atoms with E-state index in [4.69, 9.17) is 5.73 Å². The monoisotopic (exact) mass is 290 g/mol. The maximum absolute atomic E-state index is 11.3. The van der Waals surface area contributed by atoms with E-state index in [1.54, 1.807) is 6.07 Å². The highest BCUT2D eigenvalue weighted by Gasteiger charge is 2.15. The first-order valence-corrected chi connectivity index (χ1v) is 7.65. The molecule has 6 heteroatoms. The van der Waals surface area contributed by atoms with Gasteiger partial charge in [0.05, 0.1) is 4.90 Å². The Kier molecular flexibility index (Phi) is 2.74. The fraction of sp³-hybridized carbons (Fsp3) is 0.143. The molecule has 0 spiro atoms. The Morgan fingerprint density at radius 3 is 2.30 bits per heavy atom. The quantitative estimate of drug-likeness (QED) is 0.561. The average molecular weight is 290 g/mol. The van der Waals surface area contributed by atoms with E-state index in [0.717, 1.165) is 28.4 Å². The lowest BCUT2D eigenvalue weighted by atomic mass is 10.1. The van der Waals surface area contributed by atoms with Gasteiger partial charge in [-0.15, -0.1) is 0 Å². The molecule has 0 saturated carbocycles. The van der Waals surface area contributed by atoms with Crippen LogP contribution >= 0.6 is 0 Å². The van der Waals surface area contributed by atoms with Crippen molar-refractivity contribution in [3.05, 3.63) is 36.4 Å². The van der Waals surface area contributed by atoms with Gasteiger partial charge in [-0.1, -0.05) is 0 Å². The van der Waals surface area contributed by atoms with Gasteiger partial charge in [-0.25, -0.2) is 0 Å². The zero-order valence-corrected chi connectivity index (χ0v) is 11.7. The van der Waals surface area contributed by atoms with Gasteiger partial charge >= 0.3 is 0 Å². The Hall–Kier alpha value is -2.05. The number of nitrogens with zero attached hydrogens (tertiary/aromatic N) is 1. The molecule has 2 aromatic carbocycles. The molecule has 0 bridgehead atoms. The van der Waals surface area contributed by atoms with Crippen LogP contribution in [-0.2, 0) is 16.7 Å². The van der Waals surface area contributed by atoms with Crippen molar-refractivity contribution in [3.63, 3.8) is 0 Å². The topological polar surface area (TPSA) is 85.3 Å². The van der Waals surface area contributed by atoms with E-state index < -0.39 is 10.1 Å². The molecule has 0 radical (unpaired) electrons. The lowest BCUT2D eigenvalue weighted by molar-refractivity contribution is 0.483. The van der Waals surface area contributed by atoms with Crippen LogP contribution in [0.4, 0.5) is 5.69 Å². The molecule has 5 nitrogen and oxygen atoms in total. The smallest absolute Gasteiger partial charge is 0.294 e. The number of nitrogens with two attached hydrogens (primary N) is 1. The van der Waals surface area contributed by atoms with Crippen molar-refractivity contribution in [2.75, 3.05) is 5.73 Å². The lowest BCUT2D eigenvalue weighted by Crippen LogP contribution is -1.98. The first-order valence-electron chi connectivity index (χ1n) is 6.21. The third kappa shape index (κ3) is 1.85. The van der Waals surface area contributed by atoms with Crippen LogP contribution in [0.25, 0.3) is 21.8 Å². The molecule has 0 aliphatic heterocycles. The third-order valence-corrected chi connectivity index (χ3v) is 4.32. The fourth-order valence-electron chi connectivity index (χ4n) is 2.60. The molecule has 3 rings (SSSR count). The Labute approximate surface area is 116 Å². The third-order valence-electron chi connectivity index (χ3n) is 3.47. The summed E-state index contributed by atoms with van der Waals surface area (Å²) in [6, 6.07) is 10.2. The number of hydrogen-bond acceptors (Lipinski definition) is 3. The van der Waals surface area contributed by atoms with Crippen molar-refractivity contribution in [1.29, 1.82) is 0 Å². The minimum absolute atomic E-state index is 0.109. The Morgan fingerprint density at radius 2 is 1.70 bits per heavy atom. The molecule has 0 aliphatic carbocycles. The first-order chi connectivity index (χ1) is 9.41.